The van der Waals surface area contributed by atoms with Crippen molar-refractivity contribution >= 4 is 23.9 Å². The SMILES string of the molecule is CCCCCCCCCCCCOC(=O)CCC(=O)[O-].CCCCCCCCCCCCOC(=O)CCC(=O)[O-].[Zn+2]. The molecule has 0 aliphatic carbocycles. The number of hydrogen-bond donors (Lipinski definition) is 0. The predicted molar refractivity (Wildman–Crippen MR) is 154 cm³/mol. The average Bonchev–Trinajstić information content (AvgIpc) is 2.92. The van der Waals surface area contributed by atoms with Gasteiger partial charge in [0.25, 0.3) is 0 Å². The summed E-state index contributed by atoms with van der Waals surface area (Å²) in [6.07, 6.45) is 24.1. The van der Waals surface area contributed by atoms with Crippen LogP contribution in [0.3, 0.4) is 0 Å². The van der Waals surface area contributed by atoms with E-state index < -0.39 is 23.9 Å². The van der Waals surface area contributed by atoms with E-state index in [2.05, 4.69) is 13.8 Å². The van der Waals surface area contributed by atoms with Crippen LogP contribution in [0.15, 0.2) is 0 Å². The van der Waals surface area contributed by atoms with Gasteiger partial charge in [0.1, 0.15) is 0 Å². The Morgan fingerprint density at radius 2 is 0.659 bits per heavy atom. The van der Waals surface area contributed by atoms with Gasteiger partial charge in [-0.3, -0.25) is 9.59 Å². The Balaban J connectivity index is -0.000000688. The van der Waals surface area contributed by atoms with Crippen LogP contribution in [0.2, 0.25) is 0 Å². The number of carbonyl (C=O) groups excluding carboxylic acids is 4. The maximum absolute atomic E-state index is 11.1. The molecule has 8 nitrogen and oxygen atoms in total. The van der Waals surface area contributed by atoms with Gasteiger partial charge in [-0.15, -0.1) is 0 Å². The fourth-order valence-corrected chi connectivity index (χ4v) is 4.10. The number of carbonyl (C=O) groups is 4. The Morgan fingerprint density at radius 1 is 0.415 bits per heavy atom. The van der Waals surface area contributed by atoms with Gasteiger partial charge in [0.2, 0.25) is 0 Å². The predicted octanol–water partition coefficient (Wildman–Crippen LogP) is 5.96. The summed E-state index contributed by atoms with van der Waals surface area (Å²) in [6, 6.07) is 0. The van der Waals surface area contributed by atoms with Crippen LogP contribution in [0, 0.1) is 0 Å². The van der Waals surface area contributed by atoms with Gasteiger partial charge in [-0.1, -0.05) is 129 Å². The minimum Gasteiger partial charge on any atom is -0.550 e. The van der Waals surface area contributed by atoms with Gasteiger partial charge in [0, 0.05) is 11.9 Å². The second kappa shape index (κ2) is 36.5. The van der Waals surface area contributed by atoms with E-state index >= 15 is 0 Å². The molecule has 0 aromatic carbocycles. The van der Waals surface area contributed by atoms with Crippen molar-refractivity contribution in [1.82, 2.24) is 0 Å². The average molecular weight is 636 g/mol. The second-order valence-electron chi connectivity index (χ2n) is 10.5. The summed E-state index contributed by atoms with van der Waals surface area (Å²) in [5, 5.41) is 20.3. The number of hydrogen-bond acceptors (Lipinski definition) is 8. The zero-order chi connectivity index (χ0) is 30.1. The molecule has 0 saturated heterocycles. The molecule has 0 radical (unpaired) electrons. The van der Waals surface area contributed by atoms with E-state index in [1.165, 1.54) is 103 Å². The van der Waals surface area contributed by atoms with Gasteiger partial charge in [0.05, 0.1) is 26.1 Å². The molecule has 0 fully saturated rings. The van der Waals surface area contributed by atoms with Gasteiger partial charge in [-0.25, -0.2) is 0 Å². The first-order valence-electron chi connectivity index (χ1n) is 16.0. The van der Waals surface area contributed by atoms with Crippen LogP contribution in [-0.4, -0.2) is 37.1 Å². The van der Waals surface area contributed by atoms with Crippen LogP contribution in [0.25, 0.3) is 0 Å². The first-order valence-corrected chi connectivity index (χ1v) is 16.0. The molecule has 0 N–H and O–H groups in total. The number of aliphatic carboxylic acids is 2. The number of carboxylic acid groups (broad SMARTS) is 2. The maximum atomic E-state index is 11.1. The monoisotopic (exact) mass is 634 g/mol. The standard InChI is InChI=1S/2C16H30O4.Zn/c2*1-2-3-4-5-6-7-8-9-10-11-14-20-16(19)13-12-15(17)18;/h2*2-14H2,1H3,(H,17,18);/q;;+2/p-2. The van der Waals surface area contributed by atoms with Crippen molar-refractivity contribution in [3.63, 3.8) is 0 Å². The van der Waals surface area contributed by atoms with Crippen LogP contribution in [0.1, 0.15) is 168 Å². The van der Waals surface area contributed by atoms with Gasteiger partial charge in [-0.2, -0.15) is 0 Å². The zero-order valence-corrected chi connectivity index (χ0v) is 29.3. The Morgan fingerprint density at radius 3 is 0.902 bits per heavy atom. The van der Waals surface area contributed by atoms with Crippen LogP contribution >= 0.6 is 0 Å². The molecule has 0 saturated carbocycles. The Bertz CT molecular complexity index is 561. The zero-order valence-electron chi connectivity index (χ0n) is 26.4. The Hall–Kier alpha value is -1.50. The summed E-state index contributed by atoms with van der Waals surface area (Å²) in [6.45, 7) is 5.27. The number of rotatable bonds is 28. The van der Waals surface area contributed by atoms with Crippen molar-refractivity contribution in [2.45, 2.75) is 168 Å². The van der Waals surface area contributed by atoms with E-state index in [-0.39, 0.29) is 45.2 Å². The molecule has 0 bridgehead atoms. The van der Waals surface area contributed by atoms with Crippen LogP contribution in [-0.2, 0) is 48.1 Å². The summed E-state index contributed by atoms with van der Waals surface area (Å²) in [5.41, 5.74) is 0. The number of ether oxygens (including phenoxy) is 2. The fourth-order valence-electron chi connectivity index (χ4n) is 4.10. The number of unbranched alkanes of at least 4 members (excludes halogenated alkanes) is 18. The topological polar surface area (TPSA) is 133 Å². The molecule has 0 unspecified atom stereocenters. The largest absolute Gasteiger partial charge is 2.00 e. The molecule has 0 aromatic heterocycles. The molecule has 0 aromatic rings. The first kappa shape index (κ1) is 44.0. The van der Waals surface area contributed by atoms with Gasteiger partial charge >= 0.3 is 31.4 Å². The minimum absolute atomic E-state index is 0. The summed E-state index contributed by atoms with van der Waals surface area (Å²) >= 11 is 0. The van der Waals surface area contributed by atoms with Crippen molar-refractivity contribution in [2.75, 3.05) is 13.2 Å². The molecule has 0 aliphatic heterocycles. The molecule has 236 valence electrons. The molecule has 0 spiro atoms. The first-order chi connectivity index (χ1) is 19.3. The van der Waals surface area contributed by atoms with Crippen molar-refractivity contribution in [3.8, 4) is 0 Å². The van der Waals surface area contributed by atoms with Crippen molar-refractivity contribution in [1.29, 1.82) is 0 Å². The van der Waals surface area contributed by atoms with Gasteiger partial charge in [-0.05, 0) is 25.7 Å². The van der Waals surface area contributed by atoms with Gasteiger partial charge < -0.3 is 29.3 Å². The van der Waals surface area contributed by atoms with Crippen LogP contribution in [0.5, 0.6) is 0 Å². The molecule has 0 amide bonds. The molecule has 0 atom stereocenters. The molecule has 41 heavy (non-hydrogen) atoms. The molecule has 0 heterocycles. The maximum Gasteiger partial charge on any atom is 2.00 e. The molecule has 0 rings (SSSR count). The third-order valence-corrected chi connectivity index (χ3v) is 6.59. The normalized spacial score (nSPS) is 10.2. The van der Waals surface area contributed by atoms with E-state index in [0.29, 0.717) is 13.2 Å². The summed E-state index contributed by atoms with van der Waals surface area (Å²) in [5.74, 6) is -3.29. The summed E-state index contributed by atoms with van der Waals surface area (Å²) < 4.78 is 9.87. The van der Waals surface area contributed by atoms with Gasteiger partial charge in [0.15, 0.2) is 0 Å². The van der Waals surface area contributed by atoms with Crippen LogP contribution < -0.4 is 10.2 Å². The minimum atomic E-state index is -1.21. The third-order valence-electron chi connectivity index (χ3n) is 6.59. The van der Waals surface area contributed by atoms with Crippen molar-refractivity contribution in [2.24, 2.45) is 0 Å². The van der Waals surface area contributed by atoms with Crippen molar-refractivity contribution in [3.05, 3.63) is 0 Å². The van der Waals surface area contributed by atoms with E-state index in [0.717, 1.165) is 25.7 Å². The van der Waals surface area contributed by atoms with Crippen LogP contribution in [0.4, 0.5) is 0 Å². The summed E-state index contributed by atoms with van der Waals surface area (Å²) in [7, 11) is 0. The molecule has 0 aliphatic rings. The van der Waals surface area contributed by atoms with E-state index in [1.54, 1.807) is 0 Å². The molecular formula is C32H58O8Zn. The Labute approximate surface area is 262 Å². The second-order valence-corrected chi connectivity index (χ2v) is 10.5. The summed E-state index contributed by atoms with van der Waals surface area (Å²) in [4.78, 5) is 42.5. The quantitative estimate of drug-likeness (QED) is 0.0584. The van der Waals surface area contributed by atoms with E-state index in [9.17, 15) is 29.4 Å². The smallest absolute Gasteiger partial charge is 0.550 e. The fraction of sp³-hybridized carbons (Fsp3) is 0.875. The molecular weight excluding hydrogens is 578 g/mol. The Kier molecular flexibility index (Phi) is 39.2. The third kappa shape index (κ3) is 43.1. The molecule has 9 heteroatoms. The number of esters is 2. The number of carboxylic acids is 2. The van der Waals surface area contributed by atoms with E-state index in [4.69, 9.17) is 9.47 Å². The van der Waals surface area contributed by atoms with E-state index in [1.807, 2.05) is 0 Å². The van der Waals surface area contributed by atoms with Crippen molar-refractivity contribution < 1.29 is 58.3 Å².